The van der Waals surface area contributed by atoms with Crippen molar-refractivity contribution >= 4 is 6.08 Å². The lowest BCUT2D eigenvalue weighted by molar-refractivity contribution is 0.737. The largest absolute Gasteiger partial charge is 0.324 e. The molecule has 3 nitrogen and oxygen atoms in total. The lowest BCUT2D eigenvalue weighted by atomic mass is 10.1. The Morgan fingerprint density at radius 2 is 2.36 bits per heavy atom. The number of hydrogen-bond acceptors (Lipinski definition) is 2. The molecule has 0 amide bonds. The summed E-state index contributed by atoms with van der Waals surface area (Å²) in [5, 5.41) is 4.37. The molecule has 0 radical (unpaired) electrons. The maximum atomic E-state index is 5.78. The first-order valence-corrected chi connectivity index (χ1v) is 5.01. The Balaban J connectivity index is 2.96. The number of aromatic nitrogens is 2. The highest BCUT2D eigenvalue weighted by Gasteiger charge is 2.03. The molecule has 0 aromatic carbocycles. The van der Waals surface area contributed by atoms with Gasteiger partial charge >= 0.3 is 0 Å². The summed E-state index contributed by atoms with van der Waals surface area (Å²) in [5.74, 6) is 0. The SMILES string of the molecule is CCc1cc(/C=C(/C)C(C)N)n(C)n1. The van der Waals surface area contributed by atoms with Crippen LogP contribution in [0, 0.1) is 0 Å². The molecule has 0 aliphatic heterocycles. The van der Waals surface area contributed by atoms with Crippen molar-refractivity contribution < 1.29 is 0 Å². The van der Waals surface area contributed by atoms with Crippen molar-refractivity contribution in [3.63, 3.8) is 0 Å². The molecule has 3 heteroatoms. The summed E-state index contributed by atoms with van der Waals surface area (Å²) < 4.78 is 1.89. The zero-order valence-corrected chi connectivity index (χ0v) is 9.41. The van der Waals surface area contributed by atoms with E-state index >= 15 is 0 Å². The second kappa shape index (κ2) is 4.42. The molecule has 1 aromatic rings. The van der Waals surface area contributed by atoms with Gasteiger partial charge in [0.25, 0.3) is 0 Å². The summed E-state index contributed by atoms with van der Waals surface area (Å²) in [6, 6.07) is 2.21. The molecule has 2 N–H and O–H groups in total. The second-order valence-corrected chi connectivity index (χ2v) is 3.71. The Morgan fingerprint density at radius 1 is 1.71 bits per heavy atom. The van der Waals surface area contributed by atoms with E-state index in [1.54, 1.807) is 0 Å². The lowest BCUT2D eigenvalue weighted by Gasteiger charge is -2.04. The van der Waals surface area contributed by atoms with Crippen LogP contribution in [0.25, 0.3) is 6.08 Å². The van der Waals surface area contributed by atoms with Gasteiger partial charge in [0.15, 0.2) is 0 Å². The maximum absolute atomic E-state index is 5.78. The fourth-order valence-corrected chi connectivity index (χ4v) is 1.22. The average Bonchev–Trinajstić information content (AvgIpc) is 2.47. The van der Waals surface area contributed by atoms with Gasteiger partial charge in [-0.2, -0.15) is 5.10 Å². The molecular weight excluding hydrogens is 174 g/mol. The number of nitrogens with zero attached hydrogens (tertiary/aromatic N) is 2. The molecule has 78 valence electrons. The van der Waals surface area contributed by atoms with E-state index in [9.17, 15) is 0 Å². The number of aryl methyl sites for hydroxylation is 2. The molecule has 14 heavy (non-hydrogen) atoms. The monoisotopic (exact) mass is 193 g/mol. The summed E-state index contributed by atoms with van der Waals surface area (Å²) >= 11 is 0. The summed E-state index contributed by atoms with van der Waals surface area (Å²) in [6.07, 6.45) is 3.07. The maximum Gasteiger partial charge on any atom is 0.0628 e. The Morgan fingerprint density at radius 3 is 2.79 bits per heavy atom. The molecule has 1 heterocycles. The van der Waals surface area contributed by atoms with Crippen LogP contribution < -0.4 is 5.73 Å². The van der Waals surface area contributed by atoms with Gasteiger partial charge in [-0.15, -0.1) is 0 Å². The van der Waals surface area contributed by atoms with Gasteiger partial charge in [-0.25, -0.2) is 0 Å². The Labute approximate surface area is 85.6 Å². The summed E-state index contributed by atoms with van der Waals surface area (Å²) in [7, 11) is 1.96. The van der Waals surface area contributed by atoms with Crippen molar-refractivity contribution in [2.45, 2.75) is 33.2 Å². The lowest BCUT2D eigenvalue weighted by Crippen LogP contribution is -2.15. The van der Waals surface area contributed by atoms with E-state index in [2.05, 4.69) is 24.2 Å². The third-order valence-corrected chi connectivity index (χ3v) is 2.42. The van der Waals surface area contributed by atoms with Crippen LogP contribution in [0.5, 0.6) is 0 Å². The Kier molecular flexibility index (Phi) is 3.47. The van der Waals surface area contributed by atoms with Crippen molar-refractivity contribution in [1.29, 1.82) is 0 Å². The van der Waals surface area contributed by atoms with Gasteiger partial charge in [0.05, 0.1) is 11.4 Å². The average molecular weight is 193 g/mol. The van der Waals surface area contributed by atoms with Crippen molar-refractivity contribution in [2.75, 3.05) is 0 Å². The minimum absolute atomic E-state index is 0.106. The first-order valence-electron chi connectivity index (χ1n) is 5.01. The van der Waals surface area contributed by atoms with Gasteiger partial charge in [0.1, 0.15) is 0 Å². The van der Waals surface area contributed by atoms with Crippen LogP contribution in [0.2, 0.25) is 0 Å². The normalized spacial score (nSPS) is 14.5. The standard InChI is InChI=1S/C11H19N3/c1-5-10-7-11(14(4)13-10)6-8(2)9(3)12/h6-7,9H,5,12H2,1-4H3/b8-6-. The smallest absolute Gasteiger partial charge is 0.0628 e. The van der Waals surface area contributed by atoms with E-state index in [0.29, 0.717) is 0 Å². The highest BCUT2D eigenvalue weighted by atomic mass is 15.3. The molecule has 0 spiro atoms. The second-order valence-electron chi connectivity index (χ2n) is 3.71. The fraction of sp³-hybridized carbons (Fsp3) is 0.545. The molecule has 0 bridgehead atoms. The molecule has 0 aliphatic carbocycles. The van der Waals surface area contributed by atoms with Crippen molar-refractivity contribution in [2.24, 2.45) is 12.8 Å². The van der Waals surface area contributed by atoms with Gasteiger partial charge in [-0.1, -0.05) is 12.5 Å². The quantitative estimate of drug-likeness (QED) is 0.794. The minimum Gasteiger partial charge on any atom is -0.324 e. The van der Waals surface area contributed by atoms with Gasteiger partial charge in [0.2, 0.25) is 0 Å². The van der Waals surface area contributed by atoms with E-state index in [0.717, 1.165) is 17.8 Å². The first-order chi connectivity index (χ1) is 6.54. The number of nitrogens with two attached hydrogens (primary N) is 1. The fourth-order valence-electron chi connectivity index (χ4n) is 1.22. The zero-order valence-electron chi connectivity index (χ0n) is 9.41. The highest BCUT2D eigenvalue weighted by molar-refractivity contribution is 5.50. The van der Waals surface area contributed by atoms with Crippen molar-refractivity contribution in [3.05, 3.63) is 23.0 Å². The Hall–Kier alpha value is -1.09. The molecule has 0 fully saturated rings. The van der Waals surface area contributed by atoms with E-state index in [4.69, 9.17) is 5.73 Å². The summed E-state index contributed by atoms with van der Waals surface area (Å²) in [6.45, 7) is 6.14. The molecule has 1 unspecified atom stereocenters. The third kappa shape index (κ3) is 2.45. The predicted octanol–water partition coefficient (Wildman–Crippen LogP) is 1.73. The Bertz CT molecular complexity index is 334. The van der Waals surface area contributed by atoms with Gasteiger partial charge in [-0.3, -0.25) is 4.68 Å². The first kappa shape index (κ1) is 11.0. The van der Waals surface area contributed by atoms with Crippen LogP contribution in [0.4, 0.5) is 0 Å². The van der Waals surface area contributed by atoms with E-state index in [1.807, 2.05) is 25.6 Å². The van der Waals surface area contributed by atoms with Gasteiger partial charge in [0, 0.05) is 13.1 Å². The van der Waals surface area contributed by atoms with Crippen molar-refractivity contribution in [3.8, 4) is 0 Å². The van der Waals surface area contributed by atoms with Crippen molar-refractivity contribution in [1.82, 2.24) is 9.78 Å². The topological polar surface area (TPSA) is 43.8 Å². The summed E-state index contributed by atoms with van der Waals surface area (Å²) in [4.78, 5) is 0. The van der Waals surface area contributed by atoms with Gasteiger partial charge in [-0.05, 0) is 32.4 Å². The predicted molar refractivity (Wildman–Crippen MR) is 59.9 cm³/mol. The van der Waals surface area contributed by atoms with E-state index < -0.39 is 0 Å². The van der Waals surface area contributed by atoms with Crippen LogP contribution in [0.3, 0.4) is 0 Å². The van der Waals surface area contributed by atoms with E-state index in [-0.39, 0.29) is 6.04 Å². The van der Waals surface area contributed by atoms with Crippen LogP contribution in [-0.4, -0.2) is 15.8 Å². The zero-order chi connectivity index (χ0) is 10.7. The molecule has 1 rings (SSSR count). The van der Waals surface area contributed by atoms with Crippen LogP contribution in [0.1, 0.15) is 32.2 Å². The number of rotatable bonds is 3. The molecule has 0 saturated heterocycles. The third-order valence-electron chi connectivity index (χ3n) is 2.42. The number of hydrogen-bond donors (Lipinski definition) is 1. The minimum atomic E-state index is 0.106. The van der Waals surface area contributed by atoms with Crippen LogP contribution in [-0.2, 0) is 13.5 Å². The van der Waals surface area contributed by atoms with Gasteiger partial charge < -0.3 is 5.73 Å². The molecule has 1 aromatic heterocycles. The van der Waals surface area contributed by atoms with Crippen LogP contribution >= 0.6 is 0 Å². The highest BCUT2D eigenvalue weighted by Crippen LogP contribution is 2.10. The van der Waals surface area contributed by atoms with Crippen LogP contribution in [0.15, 0.2) is 11.6 Å². The molecule has 1 atom stereocenters. The molecule has 0 aliphatic rings. The molecular formula is C11H19N3. The summed E-state index contributed by atoms with van der Waals surface area (Å²) in [5.41, 5.74) is 9.20. The van der Waals surface area contributed by atoms with E-state index in [1.165, 1.54) is 5.57 Å². The molecule has 0 saturated carbocycles.